The molecule has 0 aromatic heterocycles. The standard InChI is InChI=1S/C18H33O2P/c1-6-16-10-8-9-11-17(7-2,21(16)5)15(4)18(14(16)3)19-12-13-20-18/h14-15H,6-13H2,1-5H3. The van der Waals surface area contributed by atoms with Crippen LogP contribution in [0.1, 0.15) is 66.2 Å². The van der Waals surface area contributed by atoms with E-state index in [4.69, 9.17) is 9.47 Å². The highest BCUT2D eigenvalue weighted by molar-refractivity contribution is 7.60. The molecule has 3 rings (SSSR count). The molecule has 21 heavy (non-hydrogen) atoms. The molecule has 0 radical (unpaired) electrons. The maximum absolute atomic E-state index is 6.39. The molecule has 0 aliphatic carbocycles. The van der Waals surface area contributed by atoms with E-state index in [1.807, 2.05) is 0 Å². The first-order valence-electron chi connectivity index (χ1n) is 9.02. The van der Waals surface area contributed by atoms with Crippen LogP contribution >= 0.6 is 7.92 Å². The summed E-state index contributed by atoms with van der Waals surface area (Å²) in [6.07, 6.45) is 8.15. The van der Waals surface area contributed by atoms with Gasteiger partial charge in [-0.05, 0) is 42.7 Å². The van der Waals surface area contributed by atoms with Gasteiger partial charge in [0.05, 0.1) is 13.2 Å². The smallest absolute Gasteiger partial charge is 0.175 e. The second-order valence-corrected chi connectivity index (χ2v) is 10.4. The highest BCUT2D eigenvalue weighted by Crippen LogP contribution is 2.76. The average molecular weight is 312 g/mol. The second-order valence-electron chi connectivity index (χ2n) is 7.54. The third-order valence-electron chi connectivity index (χ3n) is 7.59. The van der Waals surface area contributed by atoms with Crippen molar-refractivity contribution >= 4 is 7.92 Å². The van der Waals surface area contributed by atoms with Crippen molar-refractivity contribution in [1.82, 2.24) is 0 Å². The zero-order valence-corrected chi connectivity index (χ0v) is 15.5. The SMILES string of the molecule is CCC12CCCCC(CC)(C(C)C3(OCCO3)C1C)P2C. The van der Waals surface area contributed by atoms with Gasteiger partial charge in [0.25, 0.3) is 0 Å². The summed E-state index contributed by atoms with van der Waals surface area (Å²) in [6, 6.07) is 0. The second kappa shape index (κ2) is 5.46. The van der Waals surface area contributed by atoms with Crippen LogP contribution < -0.4 is 0 Å². The molecule has 0 saturated carbocycles. The van der Waals surface area contributed by atoms with Crippen molar-refractivity contribution < 1.29 is 9.47 Å². The van der Waals surface area contributed by atoms with Gasteiger partial charge in [-0.25, -0.2) is 0 Å². The van der Waals surface area contributed by atoms with Crippen LogP contribution in [0.3, 0.4) is 0 Å². The lowest BCUT2D eigenvalue weighted by atomic mass is 9.71. The molecule has 3 heteroatoms. The van der Waals surface area contributed by atoms with Crippen molar-refractivity contribution in [3.63, 3.8) is 0 Å². The molecule has 3 aliphatic rings. The average Bonchev–Trinajstić information content (AvgIpc) is 2.95. The predicted octanol–water partition coefficient (Wildman–Crippen LogP) is 5.00. The molecular weight excluding hydrogens is 279 g/mol. The zero-order chi connectivity index (χ0) is 15.3. The molecule has 122 valence electrons. The van der Waals surface area contributed by atoms with E-state index in [1.54, 1.807) is 0 Å². The predicted molar refractivity (Wildman–Crippen MR) is 90.3 cm³/mol. The first-order chi connectivity index (χ1) is 10.00. The Bertz CT molecular complexity index is 363. The fourth-order valence-electron chi connectivity index (χ4n) is 6.16. The topological polar surface area (TPSA) is 18.5 Å². The van der Waals surface area contributed by atoms with Crippen molar-refractivity contribution in [3.8, 4) is 0 Å². The Morgan fingerprint density at radius 3 is 1.71 bits per heavy atom. The highest BCUT2D eigenvalue weighted by Gasteiger charge is 2.68. The molecule has 2 bridgehead atoms. The summed E-state index contributed by atoms with van der Waals surface area (Å²) in [5.74, 6) is 0.758. The fraction of sp³-hybridized carbons (Fsp3) is 1.00. The summed E-state index contributed by atoms with van der Waals surface area (Å²) < 4.78 is 12.8. The Morgan fingerprint density at radius 1 is 0.905 bits per heavy atom. The largest absolute Gasteiger partial charge is 0.347 e. The van der Waals surface area contributed by atoms with Crippen LogP contribution in [0.25, 0.3) is 0 Å². The maximum atomic E-state index is 6.39. The Hall–Kier alpha value is 0.350. The van der Waals surface area contributed by atoms with Gasteiger partial charge in [-0.1, -0.05) is 48.5 Å². The van der Waals surface area contributed by atoms with Gasteiger partial charge in [0.2, 0.25) is 0 Å². The molecule has 4 unspecified atom stereocenters. The summed E-state index contributed by atoms with van der Waals surface area (Å²) in [7, 11) is -0.00574. The number of rotatable bonds is 2. The van der Waals surface area contributed by atoms with Crippen LogP contribution in [0, 0.1) is 11.8 Å². The Labute approximate surface area is 132 Å². The van der Waals surface area contributed by atoms with Gasteiger partial charge < -0.3 is 9.47 Å². The molecule has 0 aromatic carbocycles. The summed E-state index contributed by atoms with van der Waals surface area (Å²) in [5.41, 5.74) is 0. The van der Waals surface area contributed by atoms with Crippen LogP contribution in [0.5, 0.6) is 0 Å². The van der Waals surface area contributed by atoms with E-state index in [2.05, 4.69) is 34.4 Å². The van der Waals surface area contributed by atoms with Crippen molar-refractivity contribution in [3.05, 3.63) is 0 Å². The van der Waals surface area contributed by atoms with Gasteiger partial charge in [0.15, 0.2) is 5.79 Å². The van der Waals surface area contributed by atoms with Crippen LogP contribution in [0.2, 0.25) is 0 Å². The zero-order valence-electron chi connectivity index (χ0n) is 14.6. The Kier molecular flexibility index (Phi) is 4.22. The van der Waals surface area contributed by atoms with E-state index in [-0.39, 0.29) is 13.7 Å². The number of ether oxygens (including phenoxy) is 2. The van der Waals surface area contributed by atoms with E-state index in [0.717, 1.165) is 13.2 Å². The molecule has 4 atom stereocenters. The van der Waals surface area contributed by atoms with E-state index in [1.165, 1.54) is 38.5 Å². The fourth-order valence-corrected chi connectivity index (χ4v) is 10.5. The van der Waals surface area contributed by atoms with Gasteiger partial charge in [-0.15, -0.1) is 0 Å². The number of hydrogen-bond donors (Lipinski definition) is 0. The molecule has 0 aromatic rings. The third-order valence-corrected chi connectivity index (χ3v) is 12.1. The van der Waals surface area contributed by atoms with Crippen LogP contribution in [-0.4, -0.2) is 36.0 Å². The van der Waals surface area contributed by atoms with Gasteiger partial charge in [-0.2, -0.15) is 0 Å². The minimum absolute atomic E-state index is 0.00574. The lowest BCUT2D eigenvalue weighted by molar-refractivity contribution is -0.244. The lowest BCUT2D eigenvalue weighted by Crippen LogP contribution is -2.64. The van der Waals surface area contributed by atoms with Gasteiger partial charge in [-0.3, -0.25) is 0 Å². The van der Waals surface area contributed by atoms with Crippen LogP contribution in [-0.2, 0) is 9.47 Å². The lowest BCUT2D eigenvalue weighted by Gasteiger charge is -2.64. The molecule has 0 N–H and O–H groups in total. The molecule has 2 nitrogen and oxygen atoms in total. The van der Waals surface area contributed by atoms with Crippen molar-refractivity contribution in [2.75, 3.05) is 19.9 Å². The Morgan fingerprint density at radius 2 is 1.33 bits per heavy atom. The van der Waals surface area contributed by atoms with E-state index in [0.29, 0.717) is 22.1 Å². The van der Waals surface area contributed by atoms with Gasteiger partial charge in [0.1, 0.15) is 0 Å². The quantitative estimate of drug-likeness (QED) is 0.668. The number of fused-ring (bicyclic) bond motifs is 2. The molecule has 3 aliphatic heterocycles. The summed E-state index contributed by atoms with van der Waals surface area (Å²) in [5, 5.41) is 0.914. The minimum Gasteiger partial charge on any atom is -0.347 e. The molecule has 3 heterocycles. The highest BCUT2D eigenvalue weighted by atomic mass is 31.1. The molecule has 3 fully saturated rings. The minimum atomic E-state index is -0.300. The normalized spacial score (nSPS) is 49.3. The van der Waals surface area contributed by atoms with Gasteiger partial charge in [0, 0.05) is 11.8 Å². The maximum Gasteiger partial charge on any atom is 0.175 e. The molecule has 1 spiro atoms. The van der Waals surface area contributed by atoms with Crippen LogP contribution in [0.4, 0.5) is 0 Å². The summed E-state index contributed by atoms with van der Waals surface area (Å²) in [4.78, 5) is 0. The third kappa shape index (κ3) is 1.88. The van der Waals surface area contributed by atoms with Crippen molar-refractivity contribution in [1.29, 1.82) is 0 Å². The first kappa shape index (κ1) is 16.2. The molecular formula is C18H33O2P. The monoisotopic (exact) mass is 312 g/mol. The van der Waals surface area contributed by atoms with E-state index < -0.39 is 0 Å². The summed E-state index contributed by atoms with van der Waals surface area (Å²) in [6.45, 7) is 13.9. The summed E-state index contributed by atoms with van der Waals surface area (Å²) >= 11 is 0. The van der Waals surface area contributed by atoms with E-state index >= 15 is 0 Å². The van der Waals surface area contributed by atoms with Crippen LogP contribution in [0.15, 0.2) is 0 Å². The van der Waals surface area contributed by atoms with Crippen molar-refractivity contribution in [2.24, 2.45) is 11.8 Å². The van der Waals surface area contributed by atoms with Gasteiger partial charge >= 0.3 is 0 Å². The first-order valence-corrected chi connectivity index (χ1v) is 10.8. The Balaban J connectivity index is 2.16. The van der Waals surface area contributed by atoms with Crippen molar-refractivity contribution in [2.45, 2.75) is 82.3 Å². The molecule has 3 saturated heterocycles. The number of hydrogen-bond acceptors (Lipinski definition) is 2. The molecule has 0 amide bonds. The van der Waals surface area contributed by atoms with E-state index in [9.17, 15) is 0 Å².